The first-order valence-electron chi connectivity index (χ1n) is 4.94. The number of hydrogen-bond acceptors (Lipinski definition) is 4. The number of pyridine rings is 1. The number of nitrogens with one attached hydrogen (secondary N) is 2. The predicted molar refractivity (Wildman–Crippen MR) is 58.5 cm³/mol. The molecular formula is C10H10N4O2. The van der Waals surface area contributed by atoms with Crippen LogP contribution in [0.15, 0.2) is 18.5 Å². The molecule has 0 saturated carbocycles. The zero-order valence-corrected chi connectivity index (χ0v) is 8.40. The van der Waals surface area contributed by atoms with Crippen LogP contribution in [0.4, 0.5) is 10.5 Å². The van der Waals surface area contributed by atoms with E-state index in [0.717, 1.165) is 27.7 Å². The van der Waals surface area contributed by atoms with Crippen molar-refractivity contribution in [2.45, 2.75) is 6.54 Å². The number of nitrogens with zero attached hydrogens (tertiary/aromatic N) is 2. The number of anilines is 1. The van der Waals surface area contributed by atoms with Crippen molar-refractivity contribution in [3.05, 3.63) is 24.0 Å². The molecule has 2 aromatic heterocycles. The fourth-order valence-electron chi connectivity index (χ4n) is 1.97. The second kappa shape index (κ2) is 3.21. The third kappa shape index (κ3) is 1.17. The molecule has 0 bridgehead atoms. The van der Waals surface area contributed by atoms with Crippen molar-refractivity contribution in [1.82, 2.24) is 14.9 Å². The average Bonchev–Trinajstić information content (AvgIpc) is 2.73. The lowest BCUT2D eigenvalue weighted by atomic mass is 10.1. The lowest BCUT2D eigenvalue weighted by Crippen LogP contribution is -2.27. The minimum absolute atomic E-state index is 0.473. The van der Waals surface area contributed by atoms with Crippen LogP contribution in [-0.4, -0.2) is 27.4 Å². The number of fused-ring (bicyclic) bond motifs is 3. The van der Waals surface area contributed by atoms with E-state index >= 15 is 0 Å². The van der Waals surface area contributed by atoms with Crippen LogP contribution in [0.3, 0.4) is 0 Å². The lowest BCUT2D eigenvalue weighted by molar-refractivity contribution is 0.197. The quantitative estimate of drug-likeness (QED) is 0.615. The highest BCUT2D eigenvalue weighted by Gasteiger charge is 2.16. The van der Waals surface area contributed by atoms with Gasteiger partial charge < -0.3 is 10.4 Å². The first-order chi connectivity index (χ1) is 7.77. The molecule has 1 aliphatic heterocycles. The van der Waals surface area contributed by atoms with E-state index in [1.165, 1.54) is 6.20 Å². The van der Waals surface area contributed by atoms with Crippen LogP contribution < -0.4 is 10.6 Å². The smallest absolute Gasteiger partial charge is 0.417 e. The third-order valence-corrected chi connectivity index (χ3v) is 2.70. The third-order valence-electron chi connectivity index (χ3n) is 2.70. The monoisotopic (exact) mass is 218 g/mol. The summed E-state index contributed by atoms with van der Waals surface area (Å²) in [6.45, 7) is 1.44. The number of hydrogen-bond donors (Lipinski definition) is 3. The van der Waals surface area contributed by atoms with E-state index in [-0.39, 0.29) is 0 Å². The summed E-state index contributed by atoms with van der Waals surface area (Å²) in [4.78, 5) is 15.1. The summed E-state index contributed by atoms with van der Waals surface area (Å²) in [7, 11) is 0. The van der Waals surface area contributed by atoms with Crippen molar-refractivity contribution in [3.63, 3.8) is 0 Å². The summed E-state index contributed by atoms with van der Waals surface area (Å²) in [5.74, 6) is 0. The highest BCUT2D eigenvalue weighted by molar-refractivity contribution is 5.95. The van der Waals surface area contributed by atoms with Crippen LogP contribution in [0.1, 0.15) is 5.56 Å². The van der Waals surface area contributed by atoms with Gasteiger partial charge in [0.05, 0.1) is 12.4 Å². The molecule has 82 valence electrons. The van der Waals surface area contributed by atoms with Crippen molar-refractivity contribution in [3.8, 4) is 0 Å². The fraction of sp³-hybridized carbons (Fsp3) is 0.200. The maximum absolute atomic E-state index is 10.9. The first kappa shape index (κ1) is 9.17. The van der Waals surface area contributed by atoms with Crippen LogP contribution in [0.25, 0.3) is 11.0 Å². The van der Waals surface area contributed by atoms with E-state index in [2.05, 4.69) is 15.6 Å². The van der Waals surface area contributed by atoms with E-state index in [1.54, 1.807) is 12.3 Å². The summed E-state index contributed by atoms with van der Waals surface area (Å²) < 4.78 is 1.12. The van der Waals surface area contributed by atoms with Gasteiger partial charge in [-0.2, -0.15) is 0 Å². The molecule has 6 nitrogen and oxygen atoms in total. The Morgan fingerprint density at radius 3 is 3.25 bits per heavy atom. The SMILES string of the molecule is O=C(O)n1ccc2c3c(cnc21)CNCN3. The highest BCUT2D eigenvalue weighted by Crippen LogP contribution is 2.27. The predicted octanol–water partition coefficient (Wildman–Crippen LogP) is 1.03. The molecule has 0 aromatic carbocycles. The van der Waals surface area contributed by atoms with Gasteiger partial charge in [0.25, 0.3) is 0 Å². The summed E-state index contributed by atoms with van der Waals surface area (Å²) in [6.07, 6.45) is 2.21. The summed E-state index contributed by atoms with van der Waals surface area (Å²) in [5.41, 5.74) is 2.51. The standard InChI is InChI=1S/C10H10N4O2/c15-10(16)14-2-1-7-8-6(3-11-5-13-8)4-12-9(7)14/h1-2,4,11,13H,3,5H2,(H,15,16). The van der Waals surface area contributed by atoms with Crippen LogP contribution in [0, 0.1) is 0 Å². The van der Waals surface area contributed by atoms with Gasteiger partial charge in [-0.3, -0.25) is 5.32 Å². The van der Waals surface area contributed by atoms with Crippen molar-refractivity contribution in [1.29, 1.82) is 0 Å². The number of carboxylic acid groups (broad SMARTS) is 1. The van der Waals surface area contributed by atoms with Crippen LogP contribution in [0.5, 0.6) is 0 Å². The molecule has 0 spiro atoms. The normalized spacial score (nSPS) is 14.5. The maximum atomic E-state index is 10.9. The van der Waals surface area contributed by atoms with Crippen molar-refractivity contribution < 1.29 is 9.90 Å². The molecule has 0 aliphatic carbocycles. The minimum Gasteiger partial charge on any atom is -0.464 e. The van der Waals surface area contributed by atoms with Gasteiger partial charge in [-0.05, 0) is 6.07 Å². The maximum Gasteiger partial charge on any atom is 0.417 e. The van der Waals surface area contributed by atoms with Gasteiger partial charge in [0.1, 0.15) is 0 Å². The average molecular weight is 218 g/mol. The summed E-state index contributed by atoms with van der Waals surface area (Å²) in [6, 6.07) is 1.77. The van der Waals surface area contributed by atoms with Crippen LogP contribution in [0.2, 0.25) is 0 Å². The van der Waals surface area contributed by atoms with Crippen molar-refractivity contribution in [2.24, 2.45) is 0 Å². The topological polar surface area (TPSA) is 79.2 Å². The Hall–Kier alpha value is -2.08. The second-order valence-electron chi connectivity index (χ2n) is 3.64. The van der Waals surface area contributed by atoms with Gasteiger partial charge in [-0.15, -0.1) is 0 Å². The Kier molecular flexibility index (Phi) is 1.84. The lowest BCUT2D eigenvalue weighted by Gasteiger charge is -2.19. The zero-order valence-electron chi connectivity index (χ0n) is 8.40. The Morgan fingerprint density at radius 2 is 2.44 bits per heavy atom. The van der Waals surface area contributed by atoms with E-state index in [0.29, 0.717) is 12.3 Å². The Bertz CT molecular complexity index is 575. The largest absolute Gasteiger partial charge is 0.464 e. The van der Waals surface area contributed by atoms with Crippen LogP contribution in [-0.2, 0) is 6.54 Å². The molecule has 0 unspecified atom stereocenters. The Morgan fingerprint density at radius 1 is 1.56 bits per heavy atom. The highest BCUT2D eigenvalue weighted by atomic mass is 16.4. The molecule has 3 rings (SSSR count). The zero-order chi connectivity index (χ0) is 11.1. The van der Waals surface area contributed by atoms with Crippen molar-refractivity contribution in [2.75, 3.05) is 12.0 Å². The van der Waals surface area contributed by atoms with Gasteiger partial charge in [0.15, 0.2) is 5.65 Å². The molecule has 0 saturated heterocycles. The molecule has 3 N–H and O–H groups in total. The van der Waals surface area contributed by atoms with Gasteiger partial charge in [0.2, 0.25) is 0 Å². The molecule has 0 radical (unpaired) electrons. The van der Waals surface area contributed by atoms with Gasteiger partial charge in [-0.25, -0.2) is 14.3 Å². The molecule has 0 fully saturated rings. The van der Waals surface area contributed by atoms with E-state index < -0.39 is 6.09 Å². The molecule has 0 atom stereocenters. The number of carbonyl (C=O) groups is 1. The molecule has 2 aromatic rings. The van der Waals surface area contributed by atoms with Gasteiger partial charge in [-0.1, -0.05) is 0 Å². The fourth-order valence-corrected chi connectivity index (χ4v) is 1.97. The number of aromatic nitrogens is 2. The Labute approximate surface area is 90.9 Å². The first-order valence-corrected chi connectivity index (χ1v) is 4.94. The molecule has 6 heteroatoms. The van der Waals surface area contributed by atoms with E-state index in [9.17, 15) is 4.79 Å². The minimum atomic E-state index is -1.02. The van der Waals surface area contributed by atoms with Crippen LogP contribution >= 0.6 is 0 Å². The Balaban J connectivity index is 2.29. The summed E-state index contributed by atoms with van der Waals surface area (Å²) in [5, 5.41) is 16.2. The molecule has 1 aliphatic rings. The number of rotatable bonds is 0. The van der Waals surface area contributed by atoms with Gasteiger partial charge in [0, 0.05) is 29.9 Å². The summed E-state index contributed by atoms with van der Waals surface area (Å²) >= 11 is 0. The molecule has 0 amide bonds. The second-order valence-corrected chi connectivity index (χ2v) is 3.64. The molecule has 3 heterocycles. The van der Waals surface area contributed by atoms with Crippen molar-refractivity contribution >= 4 is 22.8 Å². The van der Waals surface area contributed by atoms with Gasteiger partial charge >= 0.3 is 6.09 Å². The molecule has 16 heavy (non-hydrogen) atoms. The van der Waals surface area contributed by atoms with E-state index in [1.807, 2.05) is 0 Å². The van der Waals surface area contributed by atoms with E-state index in [4.69, 9.17) is 5.11 Å². The molecular weight excluding hydrogens is 208 g/mol.